The number of hydrogen-bond donors (Lipinski definition) is 2. The molecule has 2 N–H and O–H groups in total. The Morgan fingerprint density at radius 2 is 1.07 bits per heavy atom. The molecule has 0 aromatic heterocycles. The van der Waals surface area contributed by atoms with Crippen LogP contribution >= 0.6 is 0 Å². The summed E-state index contributed by atoms with van der Waals surface area (Å²) in [7, 11) is 0. The van der Waals surface area contributed by atoms with Crippen molar-refractivity contribution < 1.29 is 28.8 Å². The highest BCUT2D eigenvalue weighted by Gasteiger charge is 2.44. The largest absolute Gasteiger partial charge is 0.329 e. The SMILES string of the molecule is C=C1CCC(N2Cc3ccccc3C2=O)C(=O)N1.CC.CC.CC.CC.O=C1CCC(N2C(=O)c3ccccc3C2=O)C(=O)N1. The van der Waals surface area contributed by atoms with Crippen molar-refractivity contribution in [1.29, 1.82) is 0 Å². The summed E-state index contributed by atoms with van der Waals surface area (Å²) in [6.45, 7) is 20.3. The third-order valence-corrected chi connectivity index (χ3v) is 6.89. The highest BCUT2D eigenvalue weighted by atomic mass is 16.2. The van der Waals surface area contributed by atoms with E-state index in [1.165, 1.54) is 0 Å². The second-order valence-corrected chi connectivity index (χ2v) is 9.23. The van der Waals surface area contributed by atoms with Crippen molar-refractivity contribution in [1.82, 2.24) is 20.4 Å². The second kappa shape index (κ2) is 18.9. The average molecular weight is 621 g/mol. The van der Waals surface area contributed by atoms with Crippen LogP contribution in [0.5, 0.6) is 0 Å². The molecule has 6 rings (SSSR count). The van der Waals surface area contributed by atoms with Gasteiger partial charge < -0.3 is 10.2 Å². The smallest absolute Gasteiger partial charge is 0.262 e. The van der Waals surface area contributed by atoms with E-state index in [1.54, 1.807) is 29.2 Å². The van der Waals surface area contributed by atoms with Gasteiger partial charge in [-0.1, -0.05) is 92.3 Å². The topological polar surface area (TPSA) is 133 Å². The number of rotatable bonds is 2. The van der Waals surface area contributed by atoms with Gasteiger partial charge in [-0.25, -0.2) is 0 Å². The summed E-state index contributed by atoms with van der Waals surface area (Å²) in [6.07, 6.45) is 1.70. The molecule has 0 saturated carbocycles. The van der Waals surface area contributed by atoms with E-state index in [0.29, 0.717) is 24.1 Å². The summed E-state index contributed by atoms with van der Waals surface area (Å²) in [5, 5.41) is 4.88. The van der Waals surface area contributed by atoms with Gasteiger partial charge in [0.15, 0.2) is 0 Å². The summed E-state index contributed by atoms with van der Waals surface area (Å²) < 4.78 is 0. The lowest BCUT2D eigenvalue weighted by molar-refractivity contribution is -0.136. The van der Waals surface area contributed by atoms with Crippen molar-refractivity contribution in [2.45, 2.75) is 99.7 Å². The van der Waals surface area contributed by atoms with Crippen molar-refractivity contribution >= 4 is 35.4 Å². The molecule has 4 aliphatic rings. The van der Waals surface area contributed by atoms with Crippen molar-refractivity contribution in [3.8, 4) is 0 Å². The Morgan fingerprint density at radius 3 is 1.56 bits per heavy atom. The summed E-state index contributed by atoms with van der Waals surface area (Å²) in [5.74, 6) is -2.08. The van der Waals surface area contributed by atoms with E-state index in [-0.39, 0.29) is 36.6 Å². The fourth-order valence-corrected chi connectivity index (χ4v) is 5.01. The second-order valence-electron chi connectivity index (χ2n) is 9.23. The maximum Gasteiger partial charge on any atom is 0.262 e. The number of carbonyl (C=O) groups is 6. The molecule has 0 radical (unpaired) electrons. The van der Waals surface area contributed by atoms with Crippen LogP contribution in [-0.4, -0.2) is 57.3 Å². The molecule has 0 aliphatic carbocycles. The number of fused-ring (bicyclic) bond motifs is 2. The van der Waals surface area contributed by atoms with Crippen molar-refractivity contribution in [3.63, 3.8) is 0 Å². The molecular formula is C35H48N4O6. The molecule has 2 unspecified atom stereocenters. The third-order valence-electron chi connectivity index (χ3n) is 6.89. The molecule has 45 heavy (non-hydrogen) atoms. The fraction of sp³-hybridized carbons (Fsp3) is 0.429. The van der Waals surface area contributed by atoms with Gasteiger partial charge in [0.25, 0.3) is 17.7 Å². The molecule has 10 heteroatoms. The minimum absolute atomic E-state index is 0.0433. The van der Waals surface area contributed by atoms with Crippen LogP contribution in [0.3, 0.4) is 0 Å². The van der Waals surface area contributed by atoms with E-state index in [2.05, 4.69) is 17.2 Å². The van der Waals surface area contributed by atoms with Gasteiger partial charge in [0, 0.05) is 24.2 Å². The number of benzene rings is 2. The normalized spacial score (nSPS) is 19.2. The van der Waals surface area contributed by atoms with Crippen LogP contribution in [0.4, 0.5) is 0 Å². The Hall–Kier alpha value is -4.60. The monoisotopic (exact) mass is 620 g/mol. The molecule has 6 amide bonds. The fourth-order valence-electron chi connectivity index (χ4n) is 5.01. The summed E-state index contributed by atoms with van der Waals surface area (Å²) in [6, 6.07) is 12.7. The Kier molecular flexibility index (Phi) is 16.2. The number of carbonyl (C=O) groups excluding carboxylic acids is 6. The van der Waals surface area contributed by atoms with Crippen LogP contribution in [0.25, 0.3) is 0 Å². The quantitative estimate of drug-likeness (QED) is 0.419. The molecule has 0 bridgehead atoms. The van der Waals surface area contributed by atoms with Crippen LogP contribution in [0.15, 0.2) is 60.8 Å². The number of piperidine rings is 2. The van der Waals surface area contributed by atoms with Gasteiger partial charge in [-0.05, 0) is 43.0 Å². The van der Waals surface area contributed by atoms with Gasteiger partial charge in [-0.2, -0.15) is 0 Å². The van der Waals surface area contributed by atoms with E-state index in [9.17, 15) is 28.8 Å². The maximum absolute atomic E-state index is 12.2. The van der Waals surface area contributed by atoms with Gasteiger partial charge in [0.05, 0.1) is 11.1 Å². The summed E-state index contributed by atoms with van der Waals surface area (Å²) in [5.41, 5.74) is 3.06. The Balaban J connectivity index is 0.000000369. The Morgan fingerprint density at radius 1 is 0.600 bits per heavy atom. The van der Waals surface area contributed by atoms with Crippen molar-refractivity contribution in [2.24, 2.45) is 0 Å². The van der Waals surface area contributed by atoms with Crippen LogP contribution < -0.4 is 10.6 Å². The van der Waals surface area contributed by atoms with E-state index < -0.39 is 23.8 Å². The molecule has 4 heterocycles. The molecule has 10 nitrogen and oxygen atoms in total. The molecule has 2 atom stereocenters. The number of hydrogen-bond acceptors (Lipinski definition) is 6. The molecule has 2 fully saturated rings. The van der Waals surface area contributed by atoms with Gasteiger partial charge in [-0.15, -0.1) is 0 Å². The first-order valence-electron chi connectivity index (χ1n) is 15.9. The Bertz CT molecular complexity index is 1350. The van der Waals surface area contributed by atoms with Gasteiger partial charge in [-0.3, -0.25) is 39.0 Å². The first kappa shape index (κ1) is 38.4. The first-order valence-corrected chi connectivity index (χ1v) is 15.9. The number of allylic oxidation sites excluding steroid dienone is 1. The lowest BCUT2D eigenvalue weighted by atomic mass is 10.0. The average Bonchev–Trinajstić information content (AvgIpc) is 3.54. The summed E-state index contributed by atoms with van der Waals surface area (Å²) in [4.78, 5) is 74.0. The standard InChI is InChI=1S/C14H14N2O2.C13H10N2O4.4C2H6/c1-9-6-7-12(13(17)15-9)16-8-10-4-2-3-5-11(10)14(16)18;16-10-6-5-9(11(17)14-10)15-12(18)7-3-1-2-4-8(7)13(15)19;4*1-2/h2-5,12H,1,6-8H2,(H,15,17);1-4,9H,5-6H2,(H,14,16,17);4*1-2H3. The highest BCUT2D eigenvalue weighted by molar-refractivity contribution is 6.23. The highest BCUT2D eigenvalue weighted by Crippen LogP contribution is 2.28. The van der Waals surface area contributed by atoms with E-state index >= 15 is 0 Å². The van der Waals surface area contributed by atoms with Gasteiger partial charge in [0.2, 0.25) is 17.7 Å². The molecule has 2 saturated heterocycles. The number of amides is 6. The lowest BCUT2D eigenvalue weighted by Gasteiger charge is -2.30. The predicted molar refractivity (Wildman–Crippen MR) is 175 cm³/mol. The van der Waals surface area contributed by atoms with Crippen molar-refractivity contribution in [2.75, 3.05) is 0 Å². The van der Waals surface area contributed by atoms with Crippen LogP contribution in [0.1, 0.15) is 118 Å². The van der Waals surface area contributed by atoms with E-state index in [1.807, 2.05) is 79.7 Å². The molecule has 2 aromatic carbocycles. The van der Waals surface area contributed by atoms with Crippen molar-refractivity contribution in [3.05, 3.63) is 83.1 Å². The van der Waals surface area contributed by atoms with E-state index in [4.69, 9.17) is 0 Å². The predicted octanol–water partition coefficient (Wildman–Crippen LogP) is 5.63. The van der Waals surface area contributed by atoms with Crippen LogP contribution in [0, 0.1) is 0 Å². The molecule has 244 valence electrons. The zero-order chi connectivity index (χ0) is 34.3. The zero-order valence-corrected chi connectivity index (χ0v) is 27.9. The Labute approximate surface area is 267 Å². The van der Waals surface area contributed by atoms with Gasteiger partial charge in [0.1, 0.15) is 12.1 Å². The summed E-state index contributed by atoms with van der Waals surface area (Å²) >= 11 is 0. The maximum atomic E-state index is 12.2. The van der Waals surface area contributed by atoms with Crippen LogP contribution in [-0.2, 0) is 20.9 Å². The zero-order valence-electron chi connectivity index (χ0n) is 27.9. The van der Waals surface area contributed by atoms with Gasteiger partial charge >= 0.3 is 0 Å². The lowest BCUT2D eigenvalue weighted by Crippen LogP contribution is -2.54. The number of nitrogens with zero attached hydrogens (tertiary/aromatic N) is 2. The first-order chi connectivity index (χ1) is 21.8. The number of nitrogens with one attached hydrogen (secondary N) is 2. The minimum atomic E-state index is -0.898. The van der Waals surface area contributed by atoms with E-state index in [0.717, 1.165) is 28.1 Å². The third kappa shape index (κ3) is 8.74. The minimum Gasteiger partial charge on any atom is -0.329 e. The number of imide groups is 2. The molecular weight excluding hydrogens is 572 g/mol. The molecule has 4 aliphatic heterocycles. The van der Waals surface area contributed by atoms with Crippen LogP contribution in [0.2, 0.25) is 0 Å². The molecule has 0 spiro atoms. The molecule has 2 aromatic rings.